The van der Waals surface area contributed by atoms with Crippen molar-refractivity contribution in [2.45, 2.75) is 31.7 Å². The highest BCUT2D eigenvalue weighted by atomic mass is 14.8. The van der Waals surface area contributed by atoms with Crippen LogP contribution in [0.25, 0.3) is 0 Å². The normalized spacial score (nSPS) is 15.5. The van der Waals surface area contributed by atoms with Gasteiger partial charge in [-0.3, -0.25) is 0 Å². The molecule has 0 radical (unpaired) electrons. The summed E-state index contributed by atoms with van der Waals surface area (Å²) in [4.78, 5) is 0. The first-order valence-corrected chi connectivity index (χ1v) is 7.43. The van der Waals surface area contributed by atoms with Gasteiger partial charge in [-0.25, -0.2) is 0 Å². The predicted octanol–water partition coefficient (Wildman–Crippen LogP) is 3.66. The minimum Gasteiger partial charge on any atom is -0.388 e. The topological polar surface area (TPSA) is 38.0 Å². The zero-order valence-electron chi connectivity index (χ0n) is 12.0. The number of benzene rings is 2. The molecule has 2 aromatic rings. The van der Waals surface area contributed by atoms with E-state index in [4.69, 9.17) is 5.73 Å². The lowest BCUT2D eigenvalue weighted by Gasteiger charge is -2.19. The van der Waals surface area contributed by atoms with Crippen molar-refractivity contribution in [1.82, 2.24) is 0 Å². The predicted molar refractivity (Wildman–Crippen MR) is 85.1 cm³/mol. The average molecular weight is 266 g/mol. The van der Waals surface area contributed by atoms with Gasteiger partial charge in [0, 0.05) is 12.7 Å². The number of nitrogens with two attached hydrogens (primary N) is 1. The Balaban J connectivity index is 1.91. The van der Waals surface area contributed by atoms with E-state index in [1.807, 2.05) is 7.05 Å². The van der Waals surface area contributed by atoms with Gasteiger partial charge in [0.05, 0.1) is 6.04 Å². The summed E-state index contributed by atoms with van der Waals surface area (Å²) in [5.74, 6) is 0. The molecule has 3 rings (SSSR count). The van der Waals surface area contributed by atoms with Gasteiger partial charge in [-0.2, -0.15) is 0 Å². The fourth-order valence-corrected chi connectivity index (χ4v) is 3.03. The van der Waals surface area contributed by atoms with Crippen molar-refractivity contribution in [1.29, 1.82) is 0 Å². The van der Waals surface area contributed by atoms with Gasteiger partial charge in [-0.05, 0) is 60.1 Å². The second-order valence-electron chi connectivity index (χ2n) is 5.59. The maximum atomic E-state index is 6.45. The lowest BCUT2D eigenvalue weighted by Crippen LogP contribution is -2.13. The molecule has 104 valence electrons. The number of hydrogen-bond donors (Lipinski definition) is 2. The zero-order chi connectivity index (χ0) is 13.9. The van der Waals surface area contributed by atoms with Crippen LogP contribution in [0.5, 0.6) is 0 Å². The number of fused-ring (bicyclic) bond motifs is 1. The number of anilines is 1. The summed E-state index contributed by atoms with van der Waals surface area (Å²) in [5.41, 5.74) is 12.9. The number of hydrogen-bond acceptors (Lipinski definition) is 2. The van der Waals surface area contributed by atoms with Crippen LogP contribution in [0.1, 0.15) is 41.1 Å². The summed E-state index contributed by atoms with van der Waals surface area (Å²) >= 11 is 0. The highest BCUT2D eigenvalue weighted by Crippen LogP contribution is 2.27. The molecule has 3 N–H and O–H groups in total. The van der Waals surface area contributed by atoms with E-state index in [9.17, 15) is 0 Å². The molecule has 2 nitrogen and oxygen atoms in total. The fraction of sp³-hybridized carbons (Fsp3) is 0.333. The Morgan fingerprint density at radius 1 is 0.950 bits per heavy atom. The Kier molecular flexibility index (Phi) is 3.75. The third kappa shape index (κ3) is 2.56. The molecule has 0 spiro atoms. The largest absolute Gasteiger partial charge is 0.388 e. The molecule has 2 heteroatoms. The quantitative estimate of drug-likeness (QED) is 0.890. The summed E-state index contributed by atoms with van der Waals surface area (Å²) in [6.07, 6.45) is 5.05. The van der Waals surface area contributed by atoms with Gasteiger partial charge in [0.2, 0.25) is 0 Å². The summed E-state index contributed by atoms with van der Waals surface area (Å²) in [7, 11) is 1.93. The second-order valence-corrected chi connectivity index (χ2v) is 5.59. The van der Waals surface area contributed by atoms with Gasteiger partial charge < -0.3 is 11.1 Å². The molecule has 0 aliphatic heterocycles. The van der Waals surface area contributed by atoms with Gasteiger partial charge in [-0.1, -0.05) is 30.3 Å². The molecule has 0 bridgehead atoms. The summed E-state index contributed by atoms with van der Waals surface area (Å²) in [5, 5.41) is 3.17. The van der Waals surface area contributed by atoms with E-state index in [0.717, 1.165) is 11.3 Å². The summed E-state index contributed by atoms with van der Waals surface area (Å²) in [6, 6.07) is 15.1. The second kappa shape index (κ2) is 5.68. The molecule has 0 fully saturated rings. The zero-order valence-corrected chi connectivity index (χ0v) is 12.0. The Labute approximate surface area is 121 Å². The highest BCUT2D eigenvalue weighted by molar-refractivity contribution is 5.48. The van der Waals surface area contributed by atoms with Crippen LogP contribution in [0.4, 0.5) is 5.69 Å². The van der Waals surface area contributed by atoms with Crippen molar-refractivity contribution in [3.63, 3.8) is 0 Å². The maximum absolute atomic E-state index is 6.45. The summed E-state index contributed by atoms with van der Waals surface area (Å²) in [6.45, 7) is 0. The standard InChI is InChI=1S/C18H22N2/c1-20-17-8-4-7-15(12-17)18(19)16-10-9-13-5-2-3-6-14(13)11-16/h4,7-12,18,20H,2-3,5-6,19H2,1H3. The lowest BCUT2D eigenvalue weighted by atomic mass is 9.88. The molecular weight excluding hydrogens is 244 g/mol. The molecule has 0 saturated heterocycles. The van der Waals surface area contributed by atoms with Crippen LogP contribution in [0.2, 0.25) is 0 Å². The third-order valence-electron chi connectivity index (χ3n) is 4.27. The van der Waals surface area contributed by atoms with Crippen molar-refractivity contribution < 1.29 is 0 Å². The monoisotopic (exact) mass is 266 g/mol. The highest BCUT2D eigenvalue weighted by Gasteiger charge is 2.14. The number of aryl methyl sites for hydroxylation is 2. The molecule has 1 unspecified atom stereocenters. The first kappa shape index (κ1) is 13.2. The van der Waals surface area contributed by atoms with Crippen LogP contribution in [0.3, 0.4) is 0 Å². The smallest absolute Gasteiger partial charge is 0.0552 e. The molecule has 20 heavy (non-hydrogen) atoms. The number of rotatable bonds is 3. The van der Waals surface area contributed by atoms with Crippen molar-refractivity contribution in [3.05, 3.63) is 64.7 Å². The van der Waals surface area contributed by atoms with Crippen LogP contribution < -0.4 is 11.1 Å². The molecule has 0 aromatic heterocycles. The first-order chi connectivity index (χ1) is 9.78. The van der Waals surface area contributed by atoms with E-state index in [2.05, 4.69) is 47.8 Å². The third-order valence-corrected chi connectivity index (χ3v) is 4.27. The molecule has 1 aliphatic rings. The Morgan fingerprint density at radius 2 is 1.70 bits per heavy atom. The minimum absolute atomic E-state index is 0.0458. The molecule has 0 heterocycles. The van der Waals surface area contributed by atoms with E-state index in [1.165, 1.54) is 42.4 Å². The van der Waals surface area contributed by atoms with Crippen LogP contribution >= 0.6 is 0 Å². The van der Waals surface area contributed by atoms with E-state index in [0.29, 0.717) is 0 Å². The first-order valence-electron chi connectivity index (χ1n) is 7.43. The lowest BCUT2D eigenvalue weighted by molar-refractivity contribution is 0.682. The molecule has 1 aliphatic carbocycles. The van der Waals surface area contributed by atoms with Crippen molar-refractivity contribution in [2.75, 3.05) is 12.4 Å². The van der Waals surface area contributed by atoms with E-state index in [-0.39, 0.29) is 6.04 Å². The van der Waals surface area contributed by atoms with Crippen molar-refractivity contribution in [2.24, 2.45) is 5.73 Å². The van der Waals surface area contributed by atoms with Gasteiger partial charge >= 0.3 is 0 Å². The molecule has 0 saturated carbocycles. The molecular formula is C18H22N2. The van der Waals surface area contributed by atoms with Gasteiger partial charge in [0.25, 0.3) is 0 Å². The van der Waals surface area contributed by atoms with Crippen LogP contribution in [0.15, 0.2) is 42.5 Å². The molecule has 0 amide bonds. The SMILES string of the molecule is CNc1cccc(C(N)c2ccc3c(c2)CCCC3)c1. The Hall–Kier alpha value is -1.80. The van der Waals surface area contributed by atoms with Gasteiger partial charge in [-0.15, -0.1) is 0 Å². The van der Waals surface area contributed by atoms with Gasteiger partial charge in [0.15, 0.2) is 0 Å². The van der Waals surface area contributed by atoms with Gasteiger partial charge in [0.1, 0.15) is 0 Å². The molecule has 1 atom stereocenters. The van der Waals surface area contributed by atoms with E-state index in [1.54, 1.807) is 0 Å². The van der Waals surface area contributed by atoms with Crippen molar-refractivity contribution >= 4 is 5.69 Å². The van der Waals surface area contributed by atoms with Crippen LogP contribution in [-0.2, 0) is 12.8 Å². The average Bonchev–Trinajstić information content (AvgIpc) is 2.53. The van der Waals surface area contributed by atoms with Crippen LogP contribution in [-0.4, -0.2) is 7.05 Å². The van der Waals surface area contributed by atoms with Crippen LogP contribution in [0, 0.1) is 0 Å². The fourth-order valence-electron chi connectivity index (χ4n) is 3.03. The Bertz CT molecular complexity index is 604. The number of nitrogens with one attached hydrogen (secondary N) is 1. The summed E-state index contributed by atoms with van der Waals surface area (Å²) < 4.78 is 0. The maximum Gasteiger partial charge on any atom is 0.0552 e. The molecule has 2 aromatic carbocycles. The van der Waals surface area contributed by atoms with E-state index < -0.39 is 0 Å². The minimum atomic E-state index is -0.0458. The van der Waals surface area contributed by atoms with Crippen molar-refractivity contribution in [3.8, 4) is 0 Å². The Morgan fingerprint density at radius 3 is 2.50 bits per heavy atom. The van der Waals surface area contributed by atoms with E-state index >= 15 is 0 Å².